The number of aliphatic hydroxyl groups excluding tert-OH is 1. The second kappa shape index (κ2) is 8.43. The van der Waals surface area contributed by atoms with Crippen molar-refractivity contribution in [2.75, 3.05) is 19.2 Å². The number of carbonyl (C=O) groups is 1. The molecule has 0 radical (unpaired) electrons. The SMILES string of the molecule is CONc1ncc(C)c(-c2c[nH]c(C(=O)NC(CO)c3ccccc3)c2)n1. The fourth-order valence-electron chi connectivity index (χ4n) is 2.69. The number of H-pyrrole nitrogens is 1. The van der Waals surface area contributed by atoms with E-state index in [0.29, 0.717) is 17.3 Å². The molecule has 0 aliphatic rings. The zero-order valence-corrected chi connectivity index (χ0v) is 15.1. The van der Waals surface area contributed by atoms with E-state index in [-0.39, 0.29) is 12.5 Å². The fraction of sp³-hybridized carbons (Fsp3) is 0.211. The first-order valence-electron chi connectivity index (χ1n) is 8.40. The van der Waals surface area contributed by atoms with E-state index in [1.165, 1.54) is 7.11 Å². The number of benzene rings is 1. The molecule has 0 fully saturated rings. The highest BCUT2D eigenvalue weighted by Crippen LogP contribution is 2.23. The summed E-state index contributed by atoms with van der Waals surface area (Å²) in [6.07, 6.45) is 3.38. The first-order chi connectivity index (χ1) is 13.1. The third-order valence-corrected chi connectivity index (χ3v) is 4.06. The summed E-state index contributed by atoms with van der Waals surface area (Å²) in [5, 5.41) is 12.4. The lowest BCUT2D eigenvalue weighted by molar-refractivity contribution is 0.0912. The zero-order valence-electron chi connectivity index (χ0n) is 15.1. The molecular weight excluding hydrogens is 346 g/mol. The summed E-state index contributed by atoms with van der Waals surface area (Å²) in [4.78, 5) is 28.9. The Morgan fingerprint density at radius 3 is 2.81 bits per heavy atom. The van der Waals surface area contributed by atoms with Gasteiger partial charge in [-0.15, -0.1) is 0 Å². The van der Waals surface area contributed by atoms with Crippen molar-refractivity contribution in [1.29, 1.82) is 0 Å². The number of carbonyl (C=O) groups excluding carboxylic acids is 1. The minimum Gasteiger partial charge on any atom is -0.394 e. The Morgan fingerprint density at radius 1 is 1.33 bits per heavy atom. The van der Waals surface area contributed by atoms with E-state index in [9.17, 15) is 9.90 Å². The average Bonchev–Trinajstić information content (AvgIpc) is 3.18. The van der Waals surface area contributed by atoms with Gasteiger partial charge in [0, 0.05) is 18.0 Å². The van der Waals surface area contributed by atoms with Crippen LogP contribution in [0.25, 0.3) is 11.3 Å². The number of amides is 1. The van der Waals surface area contributed by atoms with Crippen molar-refractivity contribution in [3.63, 3.8) is 0 Å². The lowest BCUT2D eigenvalue weighted by Crippen LogP contribution is -2.30. The summed E-state index contributed by atoms with van der Waals surface area (Å²) in [6, 6.07) is 10.5. The van der Waals surface area contributed by atoms with Crippen LogP contribution >= 0.6 is 0 Å². The van der Waals surface area contributed by atoms with Crippen molar-refractivity contribution in [3.8, 4) is 11.3 Å². The van der Waals surface area contributed by atoms with Gasteiger partial charge in [0.25, 0.3) is 5.91 Å². The number of aliphatic hydroxyl groups is 1. The molecule has 2 aromatic heterocycles. The predicted octanol–water partition coefficient (Wildman–Crippen LogP) is 2.22. The number of hydrogen-bond donors (Lipinski definition) is 4. The summed E-state index contributed by atoms with van der Waals surface area (Å²) >= 11 is 0. The number of aromatic nitrogens is 3. The highest BCUT2D eigenvalue weighted by molar-refractivity contribution is 5.94. The Balaban J connectivity index is 1.79. The molecule has 0 saturated heterocycles. The number of anilines is 1. The summed E-state index contributed by atoms with van der Waals surface area (Å²) in [5.41, 5.74) is 6.09. The van der Waals surface area contributed by atoms with Crippen LogP contribution in [0.1, 0.15) is 27.7 Å². The van der Waals surface area contributed by atoms with Crippen LogP contribution in [-0.4, -0.2) is 39.7 Å². The fourth-order valence-corrected chi connectivity index (χ4v) is 2.69. The van der Waals surface area contributed by atoms with Gasteiger partial charge in [-0.3, -0.25) is 9.63 Å². The van der Waals surface area contributed by atoms with E-state index in [4.69, 9.17) is 4.84 Å². The lowest BCUT2D eigenvalue weighted by Gasteiger charge is -2.16. The van der Waals surface area contributed by atoms with Crippen molar-refractivity contribution >= 4 is 11.9 Å². The first-order valence-corrected chi connectivity index (χ1v) is 8.40. The number of aryl methyl sites for hydroxylation is 1. The molecule has 3 aromatic rings. The van der Waals surface area contributed by atoms with E-state index < -0.39 is 6.04 Å². The normalized spacial score (nSPS) is 11.8. The van der Waals surface area contributed by atoms with E-state index >= 15 is 0 Å². The van der Waals surface area contributed by atoms with Gasteiger partial charge < -0.3 is 15.4 Å². The number of aromatic amines is 1. The predicted molar refractivity (Wildman–Crippen MR) is 101 cm³/mol. The molecule has 3 rings (SSSR count). The van der Waals surface area contributed by atoms with Crippen molar-refractivity contribution in [2.45, 2.75) is 13.0 Å². The smallest absolute Gasteiger partial charge is 0.268 e. The Hall–Kier alpha value is -3.23. The van der Waals surface area contributed by atoms with Gasteiger partial charge in [0.1, 0.15) is 5.69 Å². The van der Waals surface area contributed by atoms with Gasteiger partial charge in [-0.25, -0.2) is 15.4 Å². The molecule has 8 nitrogen and oxygen atoms in total. The molecule has 4 N–H and O–H groups in total. The Bertz CT molecular complexity index is 911. The van der Waals surface area contributed by atoms with Crippen molar-refractivity contribution in [3.05, 3.63) is 65.6 Å². The quantitative estimate of drug-likeness (QED) is 0.476. The maximum absolute atomic E-state index is 12.6. The third kappa shape index (κ3) is 4.30. The van der Waals surface area contributed by atoms with Crippen LogP contribution in [0.4, 0.5) is 5.95 Å². The van der Waals surface area contributed by atoms with E-state index in [0.717, 1.165) is 16.7 Å². The molecule has 140 valence electrons. The number of nitrogens with zero attached hydrogens (tertiary/aromatic N) is 2. The molecule has 1 amide bonds. The van der Waals surface area contributed by atoms with Crippen molar-refractivity contribution in [1.82, 2.24) is 20.3 Å². The molecule has 0 spiro atoms. The summed E-state index contributed by atoms with van der Waals surface area (Å²) < 4.78 is 0. The molecule has 27 heavy (non-hydrogen) atoms. The molecule has 0 aliphatic heterocycles. The second-order valence-electron chi connectivity index (χ2n) is 5.95. The van der Waals surface area contributed by atoms with Crippen LogP contribution in [-0.2, 0) is 4.84 Å². The topological polar surface area (TPSA) is 112 Å². The maximum atomic E-state index is 12.6. The van der Waals surface area contributed by atoms with Gasteiger partial charge in [-0.2, -0.15) is 0 Å². The van der Waals surface area contributed by atoms with Gasteiger partial charge in [-0.1, -0.05) is 30.3 Å². The molecule has 8 heteroatoms. The van der Waals surface area contributed by atoms with E-state index in [1.807, 2.05) is 37.3 Å². The minimum atomic E-state index is -0.483. The summed E-state index contributed by atoms with van der Waals surface area (Å²) in [6.45, 7) is 1.69. The van der Waals surface area contributed by atoms with Crippen LogP contribution in [0.15, 0.2) is 48.8 Å². The van der Waals surface area contributed by atoms with Gasteiger partial charge >= 0.3 is 0 Å². The molecule has 0 saturated carbocycles. The zero-order chi connectivity index (χ0) is 19.2. The van der Waals surface area contributed by atoms with E-state index in [1.54, 1.807) is 18.5 Å². The summed E-state index contributed by atoms with van der Waals surface area (Å²) in [5.74, 6) is 0.0147. The Morgan fingerprint density at radius 2 is 2.11 bits per heavy atom. The second-order valence-corrected chi connectivity index (χ2v) is 5.95. The molecular formula is C19H21N5O3. The monoisotopic (exact) mass is 367 g/mol. The molecule has 1 unspecified atom stereocenters. The Labute approximate surface area is 156 Å². The lowest BCUT2D eigenvalue weighted by atomic mass is 10.1. The third-order valence-electron chi connectivity index (χ3n) is 4.06. The molecule has 1 atom stereocenters. The van der Waals surface area contributed by atoms with Gasteiger partial charge in [0.15, 0.2) is 0 Å². The summed E-state index contributed by atoms with van der Waals surface area (Å²) in [7, 11) is 1.48. The van der Waals surface area contributed by atoms with Gasteiger partial charge in [-0.05, 0) is 24.1 Å². The van der Waals surface area contributed by atoms with Crippen LogP contribution in [0.3, 0.4) is 0 Å². The number of nitrogens with one attached hydrogen (secondary N) is 3. The first kappa shape index (κ1) is 18.6. The maximum Gasteiger partial charge on any atom is 0.268 e. The number of hydrogen-bond acceptors (Lipinski definition) is 6. The standard InChI is InChI=1S/C19H21N5O3/c1-12-9-21-19(24-27-2)23-17(12)14-8-15(20-10-14)18(26)22-16(11-25)13-6-4-3-5-7-13/h3-10,16,20,25H,11H2,1-2H3,(H,22,26)(H,21,23,24). The molecule has 0 aliphatic carbocycles. The highest BCUT2D eigenvalue weighted by atomic mass is 16.6. The highest BCUT2D eigenvalue weighted by Gasteiger charge is 2.17. The van der Waals surface area contributed by atoms with E-state index in [2.05, 4.69) is 25.7 Å². The minimum absolute atomic E-state index is 0.194. The van der Waals surface area contributed by atoms with Gasteiger partial charge in [0.2, 0.25) is 5.95 Å². The van der Waals surface area contributed by atoms with Crippen molar-refractivity contribution < 1.29 is 14.7 Å². The van der Waals surface area contributed by atoms with Crippen LogP contribution in [0, 0.1) is 6.92 Å². The Kier molecular flexibility index (Phi) is 5.80. The average molecular weight is 367 g/mol. The molecule has 0 bridgehead atoms. The van der Waals surface area contributed by atoms with Crippen molar-refractivity contribution in [2.24, 2.45) is 0 Å². The number of rotatable bonds is 7. The largest absolute Gasteiger partial charge is 0.394 e. The van der Waals surface area contributed by atoms with Crippen LogP contribution in [0.2, 0.25) is 0 Å². The molecule has 2 heterocycles. The van der Waals surface area contributed by atoms with Crippen LogP contribution < -0.4 is 10.8 Å². The van der Waals surface area contributed by atoms with Gasteiger partial charge in [0.05, 0.1) is 25.5 Å². The molecule has 1 aromatic carbocycles. The van der Waals surface area contributed by atoms with Crippen LogP contribution in [0.5, 0.6) is 0 Å².